The van der Waals surface area contributed by atoms with Crippen molar-refractivity contribution < 1.29 is 22.3 Å². The van der Waals surface area contributed by atoms with E-state index in [9.17, 15) is 17.6 Å². The predicted octanol–water partition coefficient (Wildman–Crippen LogP) is 1.97. The van der Waals surface area contributed by atoms with E-state index < -0.39 is 28.5 Å². The SMILES string of the molecule is O=C1CN(c2c(F)cc(Br)cc2OCc2ccccc2)S(=O)(=O)N1.[K]. The number of carbonyl (C=O) groups excluding carboxylic acids is 1. The molecule has 2 aromatic carbocycles. The van der Waals surface area contributed by atoms with Crippen LogP contribution in [0.3, 0.4) is 0 Å². The summed E-state index contributed by atoms with van der Waals surface area (Å²) in [6, 6.07) is 11.7. The summed E-state index contributed by atoms with van der Waals surface area (Å²) < 4.78 is 46.9. The number of anilines is 1. The predicted molar refractivity (Wildman–Crippen MR) is 95.0 cm³/mol. The first-order chi connectivity index (χ1) is 11.4. The van der Waals surface area contributed by atoms with Gasteiger partial charge < -0.3 is 4.74 Å². The molecule has 2 aromatic rings. The molecule has 0 spiro atoms. The number of nitrogens with one attached hydrogen (secondary N) is 1. The minimum atomic E-state index is -4.13. The summed E-state index contributed by atoms with van der Waals surface area (Å²) in [6.07, 6.45) is 0. The van der Waals surface area contributed by atoms with Crippen LogP contribution in [0.4, 0.5) is 10.1 Å². The number of halogens is 2. The van der Waals surface area contributed by atoms with Crippen molar-refractivity contribution in [2.24, 2.45) is 0 Å². The second kappa shape index (κ2) is 8.46. The summed E-state index contributed by atoms with van der Waals surface area (Å²) in [5, 5.41) is 0. The van der Waals surface area contributed by atoms with Crippen molar-refractivity contribution in [1.82, 2.24) is 4.72 Å². The zero-order valence-corrected chi connectivity index (χ0v) is 18.7. The Hall–Kier alpha value is -0.494. The number of amides is 1. The van der Waals surface area contributed by atoms with Gasteiger partial charge in [-0.05, 0) is 17.7 Å². The van der Waals surface area contributed by atoms with Crippen LogP contribution in [0.25, 0.3) is 0 Å². The maximum absolute atomic E-state index is 14.4. The van der Waals surface area contributed by atoms with E-state index in [0.717, 1.165) is 11.6 Å². The van der Waals surface area contributed by atoms with E-state index in [1.165, 1.54) is 6.07 Å². The van der Waals surface area contributed by atoms with Gasteiger partial charge in [0, 0.05) is 55.9 Å². The van der Waals surface area contributed by atoms with Crippen LogP contribution in [0.5, 0.6) is 5.75 Å². The van der Waals surface area contributed by atoms with Gasteiger partial charge in [-0.25, -0.2) is 13.4 Å². The normalized spacial score (nSPS) is 15.4. The molecule has 1 aliphatic rings. The molecule has 10 heteroatoms. The topological polar surface area (TPSA) is 75.7 Å². The van der Waals surface area contributed by atoms with Crippen molar-refractivity contribution in [2.45, 2.75) is 6.61 Å². The molecule has 0 aromatic heterocycles. The molecule has 1 fully saturated rings. The maximum atomic E-state index is 14.4. The van der Waals surface area contributed by atoms with Crippen LogP contribution in [-0.2, 0) is 21.6 Å². The molecular weight excluding hydrogens is 442 g/mol. The largest absolute Gasteiger partial charge is 0.487 e. The molecule has 6 nitrogen and oxygen atoms in total. The molecule has 0 atom stereocenters. The summed E-state index contributed by atoms with van der Waals surface area (Å²) in [6.45, 7) is -0.373. The van der Waals surface area contributed by atoms with Crippen LogP contribution < -0.4 is 13.8 Å². The number of benzene rings is 2. The minimum absolute atomic E-state index is 0. The summed E-state index contributed by atoms with van der Waals surface area (Å²) in [5.74, 6) is -1.52. The van der Waals surface area contributed by atoms with E-state index in [4.69, 9.17) is 4.74 Å². The van der Waals surface area contributed by atoms with Gasteiger partial charge in [0.05, 0.1) is 0 Å². The third kappa shape index (κ3) is 4.82. The fraction of sp³-hybridized carbons (Fsp3) is 0.133. The Labute approximate surface area is 195 Å². The minimum Gasteiger partial charge on any atom is -0.487 e. The van der Waals surface area contributed by atoms with Crippen LogP contribution in [-0.4, -0.2) is 72.3 Å². The number of hydrogen-bond donors (Lipinski definition) is 1. The molecule has 1 heterocycles. The molecule has 25 heavy (non-hydrogen) atoms. The zero-order valence-electron chi connectivity index (χ0n) is 13.2. The Bertz CT molecular complexity index is 896. The fourth-order valence-corrected chi connectivity index (χ4v) is 3.85. The quantitative estimate of drug-likeness (QED) is 0.717. The molecule has 3 rings (SSSR count). The van der Waals surface area contributed by atoms with Crippen LogP contribution in [0.15, 0.2) is 46.9 Å². The van der Waals surface area contributed by atoms with Gasteiger partial charge in [-0.3, -0.25) is 4.79 Å². The smallest absolute Gasteiger partial charge is 0.326 e. The second-order valence-corrected chi connectivity index (χ2v) is 7.56. The van der Waals surface area contributed by atoms with Gasteiger partial charge in [0.1, 0.15) is 24.6 Å². The van der Waals surface area contributed by atoms with E-state index in [0.29, 0.717) is 8.78 Å². The number of hydrogen-bond acceptors (Lipinski definition) is 4. The average molecular weight is 454 g/mol. The Morgan fingerprint density at radius 1 is 1.24 bits per heavy atom. The molecule has 1 amide bonds. The Kier molecular flexibility index (Phi) is 7.05. The van der Waals surface area contributed by atoms with Gasteiger partial charge in [-0.2, -0.15) is 8.42 Å². The Morgan fingerprint density at radius 2 is 1.92 bits per heavy atom. The van der Waals surface area contributed by atoms with Crippen molar-refractivity contribution in [3.63, 3.8) is 0 Å². The molecule has 0 aliphatic carbocycles. The summed E-state index contributed by atoms with van der Waals surface area (Å²) in [4.78, 5) is 11.4. The number of rotatable bonds is 4. The van der Waals surface area contributed by atoms with Gasteiger partial charge in [0.15, 0.2) is 5.82 Å². The van der Waals surface area contributed by atoms with E-state index in [2.05, 4.69) is 15.9 Å². The standard InChI is InChI=1S/C15H12BrFN2O4S.K/c16-11-6-12(17)15(19-8-14(20)18-24(19,21)22)13(7-11)23-9-10-4-2-1-3-5-10;/h1-7H,8-9H2,(H,18,20);. The van der Waals surface area contributed by atoms with Gasteiger partial charge in [0.2, 0.25) is 0 Å². The average Bonchev–Trinajstić information content (AvgIpc) is 2.78. The molecule has 1 N–H and O–H groups in total. The first-order valence-electron chi connectivity index (χ1n) is 6.86. The van der Waals surface area contributed by atoms with Crippen LogP contribution in [0, 0.1) is 5.82 Å². The third-order valence-electron chi connectivity index (χ3n) is 3.30. The number of nitrogens with zero attached hydrogens (tertiary/aromatic N) is 1. The first kappa shape index (κ1) is 20.8. The van der Waals surface area contributed by atoms with E-state index >= 15 is 0 Å². The fourth-order valence-electron chi connectivity index (χ4n) is 2.28. The van der Waals surface area contributed by atoms with Crippen LogP contribution in [0.2, 0.25) is 0 Å². The van der Waals surface area contributed by atoms with Crippen LogP contribution in [0.1, 0.15) is 5.56 Å². The van der Waals surface area contributed by atoms with Crippen molar-refractivity contribution in [2.75, 3.05) is 10.8 Å². The van der Waals surface area contributed by atoms with E-state index in [1.54, 1.807) is 0 Å². The van der Waals surface area contributed by atoms with Gasteiger partial charge in [0.25, 0.3) is 5.91 Å². The van der Waals surface area contributed by atoms with E-state index in [-0.39, 0.29) is 69.4 Å². The Balaban J connectivity index is 0.00000225. The maximum Gasteiger partial charge on any atom is 0.326 e. The molecule has 1 radical (unpaired) electrons. The van der Waals surface area contributed by atoms with Gasteiger partial charge in [-0.15, -0.1) is 0 Å². The summed E-state index contributed by atoms with van der Waals surface area (Å²) in [7, 11) is -4.13. The van der Waals surface area contributed by atoms with Crippen LogP contribution >= 0.6 is 15.9 Å². The molecule has 127 valence electrons. The van der Waals surface area contributed by atoms with Crippen molar-refractivity contribution in [1.29, 1.82) is 0 Å². The molecule has 0 bridgehead atoms. The Morgan fingerprint density at radius 3 is 2.52 bits per heavy atom. The summed E-state index contributed by atoms with van der Waals surface area (Å²) in [5.41, 5.74) is 0.537. The second-order valence-electron chi connectivity index (χ2n) is 5.05. The monoisotopic (exact) mass is 453 g/mol. The molecule has 0 saturated carbocycles. The summed E-state index contributed by atoms with van der Waals surface area (Å²) >= 11 is 3.15. The first-order valence-corrected chi connectivity index (χ1v) is 9.09. The third-order valence-corrected chi connectivity index (χ3v) is 5.14. The number of carbonyl (C=O) groups is 1. The van der Waals surface area contributed by atoms with Crippen molar-refractivity contribution in [3.8, 4) is 5.75 Å². The molecular formula is C15H12BrFKN2O4S. The number of ether oxygens (including phenoxy) is 1. The van der Waals surface area contributed by atoms with Gasteiger partial charge in [-0.1, -0.05) is 46.3 Å². The zero-order chi connectivity index (χ0) is 17.3. The van der Waals surface area contributed by atoms with Crippen molar-refractivity contribution in [3.05, 3.63) is 58.3 Å². The molecule has 0 unspecified atom stereocenters. The molecule has 1 saturated heterocycles. The molecule has 1 aliphatic heterocycles. The van der Waals surface area contributed by atoms with E-state index in [1.807, 2.05) is 35.1 Å². The van der Waals surface area contributed by atoms with Crippen molar-refractivity contribution >= 4 is 89.1 Å². The van der Waals surface area contributed by atoms with Gasteiger partial charge >= 0.3 is 10.2 Å².